The molecular weight excluding hydrogens is 246 g/mol. The largest absolute Gasteiger partial charge is 0.454 e. The maximum atomic E-state index is 12.0. The van der Waals surface area contributed by atoms with E-state index in [0.29, 0.717) is 17.1 Å². The van der Waals surface area contributed by atoms with E-state index in [-0.39, 0.29) is 18.9 Å². The van der Waals surface area contributed by atoms with Crippen LogP contribution in [0.5, 0.6) is 11.5 Å². The molecule has 19 heavy (non-hydrogen) atoms. The first-order valence-electron chi connectivity index (χ1n) is 6.26. The molecule has 1 aliphatic heterocycles. The Morgan fingerprint density at radius 3 is 2.68 bits per heavy atom. The Labute approximate surface area is 113 Å². The van der Waals surface area contributed by atoms with E-state index in [4.69, 9.17) is 14.2 Å². The summed E-state index contributed by atoms with van der Waals surface area (Å²) in [5, 5.41) is 0. The number of rotatable bonds is 4. The van der Waals surface area contributed by atoms with Crippen LogP contribution < -0.4 is 9.47 Å². The number of esters is 1. The van der Waals surface area contributed by atoms with Crippen molar-refractivity contribution < 1.29 is 23.5 Å². The van der Waals surface area contributed by atoms with Gasteiger partial charge < -0.3 is 18.7 Å². The van der Waals surface area contributed by atoms with Crippen molar-refractivity contribution in [3.63, 3.8) is 0 Å². The number of quaternary nitrogens is 1. The van der Waals surface area contributed by atoms with Gasteiger partial charge in [0.25, 0.3) is 0 Å². The lowest BCUT2D eigenvalue weighted by Crippen LogP contribution is -2.41. The third kappa shape index (κ3) is 3.61. The molecule has 0 radical (unpaired) electrons. The molecule has 0 saturated heterocycles. The van der Waals surface area contributed by atoms with E-state index in [1.807, 2.05) is 6.92 Å². The number of ether oxygens (including phenoxy) is 3. The molecule has 0 amide bonds. The van der Waals surface area contributed by atoms with Crippen LogP contribution in [-0.4, -0.2) is 51.0 Å². The molecule has 0 aliphatic carbocycles. The highest BCUT2D eigenvalue weighted by Crippen LogP contribution is 2.32. The van der Waals surface area contributed by atoms with Crippen molar-refractivity contribution in [3.8, 4) is 11.5 Å². The number of carbonyl (C=O) groups excluding carboxylic acids is 1. The number of fused-ring (bicyclic) bond motifs is 1. The van der Waals surface area contributed by atoms with Crippen molar-refractivity contribution in [2.24, 2.45) is 0 Å². The zero-order valence-electron chi connectivity index (χ0n) is 11.8. The predicted octanol–water partition coefficient (Wildman–Crippen LogP) is 1.67. The second-order valence-corrected chi connectivity index (χ2v) is 5.76. The molecule has 0 spiro atoms. The van der Waals surface area contributed by atoms with Gasteiger partial charge in [-0.3, -0.25) is 0 Å². The summed E-state index contributed by atoms with van der Waals surface area (Å²) in [6.07, 6.45) is -0.141. The number of hydrogen-bond acceptors (Lipinski definition) is 4. The molecule has 5 heteroatoms. The Kier molecular flexibility index (Phi) is 3.66. The molecule has 1 aromatic carbocycles. The van der Waals surface area contributed by atoms with Crippen molar-refractivity contribution in [2.45, 2.75) is 13.0 Å². The molecule has 0 aromatic heterocycles. The van der Waals surface area contributed by atoms with Crippen LogP contribution in [0.2, 0.25) is 0 Å². The summed E-state index contributed by atoms with van der Waals surface area (Å²) >= 11 is 0. The Morgan fingerprint density at radius 2 is 2.00 bits per heavy atom. The topological polar surface area (TPSA) is 44.8 Å². The summed E-state index contributed by atoms with van der Waals surface area (Å²) in [5.74, 6) is 0.920. The van der Waals surface area contributed by atoms with Gasteiger partial charge in [-0.05, 0) is 25.1 Å². The normalized spacial score (nSPS) is 15.2. The maximum absolute atomic E-state index is 12.0. The summed E-state index contributed by atoms with van der Waals surface area (Å²) in [5.41, 5.74) is 0.484. The molecule has 1 aromatic rings. The van der Waals surface area contributed by atoms with Crippen LogP contribution >= 0.6 is 0 Å². The molecule has 1 heterocycles. The van der Waals surface area contributed by atoms with Crippen molar-refractivity contribution in [1.29, 1.82) is 0 Å². The van der Waals surface area contributed by atoms with E-state index < -0.39 is 0 Å². The highest BCUT2D eigenvalue weighted by molar-refractivity contribution is 5.90. The van der Waals surface area contributed by atoms with Crippen molar-refractivity contribution in [3.05, 3.63) is 23.8 Å². The molecule has 1 atom stereocenters. The van der Waals surface area contributed by atoms with Crippen molar-refractivity contribution in [2.75, 3.05) is 34.5 Å². The average molecular weight is 266 g/mol. The zero-order chi connectivity index (χ0) is 14.0. The fourth-order valence-corrected chi connectivity index (χ4v) is 2.08. The molecule has 0 unspecified atom stereocenters. The number of benzene rings is 1. The van der Waals surface area contributed by atoms with E-state index in [9.17, 15) is 4.79 Å². The van der Waals surface area contributed by atoms with Crippen molar-refractivity contribution >= 4 is 5.97 Å². The van der Waals surface area contributed by atoms with Crippen molar-refractivity contribution in [1.82, 2.24) is 0 Å². The molecule has 1 aliphatic rings. The lowest BCUT2D eigenvalue weighted by Gasteiger charge is -2.27. The first kappa shape index (κ1) is 13.7. The van der Waals surface area contributed by atoms with Crippen LogP contribution in [-0.2, 0) is 4.74 Å². The van der Waals surface area contributed by atoms with Gasteiger partial charge in [-0.25, -0.2) is 4.79 Å². The molecular formula is C14H20NO4+. The van der Waals surface area contributed by atoms with E-state index in [0.717, 1.165) is 11.0 Å². The minimum absolute atomic E-state index is 0.141. The number of likely N-dealkylation sites (N-methyl/N-ethyl adjacent to an activating group) is 1. The summed E-state index contributed by atoms with van der Waals surface area (Å²) in [7, 11) is 6.18. The fraction of sp³-hybridized carbons (Fsp3) is 0.500. The van der Waals surface area contributed by atoms with Gasteiger partial charge in [-0.1, -0.05) is 0 Å². The van der Waals surface area contributed by atoms with E-state index in [1.54, 1.807) is 18.2 Å². The first-order chi connectivity index (χ1) is 8.85. The van der Waals surface area contributed by atoms with Crippen LogP contribution in [0.15, 0.2) is 18.2 Å². The van der Waals surface area contributed by atoms with Gasteiger partial charge in [0.05, 0.1) is 26.7 Å². The highest BCUT2D eigenvalue weighted by Gasteiger charge is 2.21. The minimum atomic E-state index is -0.334. The fourth-order valence-electron chi connectivity index (χ4n) is 2.08. The van der Waals surface area contributed by atoms with Gasteiger partial charge >= 0.3 is 5.97 Å². The van der Waals surface area contributed by atoms with Crippen LogP contribution in [0.1, 0.15) is 17.3 Å². The Morgan fingerprint density at radius 1 is 1.32 bits per heavy atom. The van der Waals surface area contributed by atoms with Crippen LogP contribution in [0.4, 0.5) is 0 Å². The molecule has 0 bridgehead atoms. The first-order valence-corrected chi connectivity index (χ1v) is 6.26. The predicted molar refractivity (Wildman–Crippen MR) is 70.3 cm³/mol. The summed E-state index contributed by atoms with van der Waals surface area (Å²) in [6.45, 7) is 2.86. The lowest BCUT2D eigenvalue weighted by molar-refractivity contribution is -0.873. The van der Waals surface area contributed by atoms with Gasteiger partial charge in [0.2, 0.25) is 6.79 Å². The minimum Gasteiger partial charge on any atom is -0.454 e. The highest BCUT2D eigenvalue weighted by atomic mass is 16.7. The third-order valence-corrected chi connectivity index (χ3v) is 2.72. The second-order valence-electron chi connectivity index (χ2n) is 5.76. The van der Waals surface area contributed by atoms with Crippen LogP contribution in [0.25, 0.3) is 0 Å². The van der Waals surface area contributed by atoms with E-state index in [2.05, 4.69) is 21.1 Å². The maximum Gasteiger partial charge on any atom is 0.338 e. The quantitative estimate of drug-likeness (QED) is 0.614. The molecule has 0 saturated carbocycles. The average Bonchev–Trinajstić information content (AvgIpc) is 2.72. The molecule has 0 N–H and O–H groups in total. The zero-order valence-corrected chi connectivity index (χ0v) is 11.8. The number of hydrogen-bond donors (Lipinski definition) is 0. The summed E-state index contributed by atoms with van der Waals surface area (Å²) in [6, 6.07) is 5.07. The monoisotopic (exact) mass is 266 g/mol. The smallest absolute Gasteiger partial charge is 0.338 e. The van der Waals surface area contributed by atoms with Gasteiger partial charge in [0.15, 0.2) is 11.5 Å². The lowest BCUT2D eigenvalue weighted by atomic mass is 10.2. The summed E-state index contributed by atoms with van der Waals surface area (Å²) in [4.78, 5) is 12.0. The van der Waals surface area contributed by atoms with Gasteiger partial charge in [0, 0.05) is 0 Å². The molecule has 0 fully saturated rings. The molecule has 5 nitrogen and oxygen atoms in total. The SMILES string of the molecule is C[C@H](C[N+](C)(C)C)OC(=O)c1ccc2c(c1)OCO2. The van der Waals surface area contributed by atoms with Gasteiger partial charge in [0.1, 0.15) is 12.6 Å². The van der Waals surface area contributed by atoms with Gasteiger partial charge in [-0.2, -0.15) is 0 Å². The molecule has 104 valence electrons. The standard InChI is InChI=1S/C14H20NO4/c1-10(8-15(2,3)4)19-14(16)11-5-6-12-13(7-11)18-9-17-12/h5-7,10H,8-9H2,1-4H3/q+1/t10-/m1/s1. The number of carbonyl (C=O) groups is 1. The molecule has 2 rings (SSSR count). The Hall–Kier alpha value is -1.75. The number of nitrogens with zero attached hydrogens (tertiary/aromatic N) is 1. The van der Waals surface area contributed by atoms with E-state index >= 15 is 0 Å². The van der Waals surface area contributed by atoms with E-state index in [1.165, 1.54) is 0 Å². The third-order valence-electron chi connectivity index (χ3n) is 2.72. The Balaban J connectivity index is 2.00. The second kappa shape index (κ2) is 5.09. The van der Waals surface area contributed by atoms with Crippen LogP contribution in [0.3, 0.4) is 0 Å². The summed E-state index contributed by atoms with van der Waals surface area (Å²) < 4.78 is 16.6. The Bertz CT molecular complexity index is 479. The van der Waals surface area contributed by atoms with Gasteiger partial charge in [-0.15, -0.1) is 0 Å². The van der Waals surface area contributed by atoms with Crippen LogP contribution in [0, 0.1) is 0 Å².